The summed E-state index contributed by atoms with van der Waals surface area (Å²) in [5.41, 5.74) is 1.44. The first-order valence-corrected chi connectivity index (χ1v) is 11.2. The Bertz CT molecular complexity index is 1150. The molecule has 1 aliphatic rings. The summed E-state index contributed by atoms with van der Waals surface area (Å²) in [6.45, 7) is 6.12. The molecule has 0 aromatic heterocycles. The normalized spacial score (nSPS) is 17.1. The number of likely N-dealkylation sites (N-methyl/N-ethyl adjacent to an activating group) is 1. The number of carbonyl (C=O) groups excluding carboxylic acids is 5. The van der Waals surface area contributed by atoms with Crippen LogP contribution in [-0.4, -0.2) is 59.1 Å². The molecule has 1 fully saturated rings. The second-order valence-electron chi connectivity index (χ2n) is 8.53. The molecule has 1 heterocycles. The predicted molar refractivity (Wildman–Crippen MR) is 130 cm³/mol. The van der Waals surface area contributed by atoms with Crippen LogP contribution in [0.4, 0.5) is 16.2 Å². The zero-order valence-corrected chi connectivity index (χ0v) is 20.2. The molecule has 10 heteroatoms. The Morgan fingerprint density at radius 1 is 0.971 bits per heavy atom. The van der Waals surface area contributed by atoms with Gasteiger partial charge in [0.15, 0.2) is 0 Å². The Morgan fingerprint density at radius 2 is 1.54 bits per heavy atom. The molecule has 3 N–H and O–H groups in total. The van der Waals surface area contributed by atoms with Gasteiger partial charge in [0, 0.05) is 24.8 Å². The number of imide groups is 1. The van der Waals surface area contributed by atoms with Crippen molar-refractivity contribution in [3.8, 4) is 0 Å². The fourth-order valence-corrected chi connectivity index (χ4v) is 3.75. The van der Waals surface area contributed by atoms with E-state index >= 15 is 0 Å². The zero-order chi connectivity index (χ0) is 25.8. The summed E-state index contributed by atoms with van der Waals surface area (Å²) in [6.07, 6.45) is 0. The molecule has 0 radical (unpaired) electrons. The molecule has 1 aliphatic heterocycles. The lowest BCUT2D eigenvalue weighted by molar-refractivity contribution is -0.140. The van der Waals surface area contributed by atoms with Gasteiger partial charge in [-0.15, -0.1) is 0 Å². The van der Waals surface area contributed by atoms with E-state index in [1.165, 1.54) is 11.8 Å². The number of anilines is 2. The minimum atomic E-state index is -1.27. The van der Waals surface area contributed by atoms with Gasteiger partial charge in [0.25, 0.3) is 5.91 Å². The quantitative estimate of drug-likeness (QED) is 0.500. The summed E-state index contributed by atoms with van der Waals surface area (Å²) in [4.78, 5) is 64.3. The number of hydrogen-bond acceptors (Lipinski definition) is 5. The van der Waals surface area contributed by atoms with Gasteiger partial charge in [0.1, 0.15) is 12.1 Å². The molecule has 184 valence electrons. The van der Waals surface area contributed by atoms with Gasteiger partial charge in [0.05, 0.1) is 6.54 Å². The van der Waals surface area contributed by atoms with Crippen LogP contribution >= 0.6 is 0 Å². The Hall–Kier alpha value is -4.21. The first-order valence-electron chi connectivity index (χ1n) is 11.2. The average Bonchev–Trinajstić information content (AvgIpc) is 3.02. The van der Waals surface area contributed by atoms with Crippen molar-refractivity contribution in [1.29, 1.82) is 0 Å². The molecule has 0 spiro atoms. The SMILES string of the molecule is CCN(CC(=O)Nc1ccc(NC(C)=O)cc1)C(=O)CN1C(=O)N[C@](C)(c2ccc(C)cc2)C1=O. The highest BCUT2D eigenvalue weighted by Gasteiger charge is 2.49. The van der Waals surface area contributed by atoms with Crippen molar-refractivity contribution in [2.75, 3.05) is 30.3 Å². The molecule has 0 unspecified atom stereocenters. The number of nitrogens with one attached hydrogen (secondary N) is 3. The standard InChI is InChI=1S/C25H29N5O5/c1-5-29(14-21(32)27-20-12-10-19(11-13-20)26-17(3)31)22(33)15-30-23(34)25(4,28-24(30)35)18-8-6-16(2)7-9-18/h6-13H,5,14-15H2,1-4H3,(H,26,31)(H,27,32)(H,28,35)/t25-/m1/s1. The van der Waals surface area contributed by atoms with Gasteiger partial charge in [-0.1, -0.05) is 29.8 Å². The molecule has 0 saturated carbocycles. The van der Waals surface area contributed by atoms with Gasteiger partial charge >= 0.3 is 6.03 Å². The maximum absolute atomic E-state index is 13.1. The van der Waals surface area contributed by atoms with Gasteiger partial charge in [0.2, 0.25) is 17.7 Å². The lowest BCUT2D eigenvalue weighted by atomic mass is 9.91. The van der Waals surface area contributed by atoms with E-state index in [1.54, 1.807) is 50.2 Å². The fourth-order valence-electron chi connectivity index (χ4n) is 3.75. The monoisotopic (exact) mass is 479 g/mol. The zero-order valence-electron chi connectivity index (χ0n) is 20.2. The summed E-state index contributed by atoms with van der Waals surface area (Å²) in [7, 11) is 0. The molecular formula is C25H29N5O5. The molecule has 1 saturated heterocycles. The second-order valence-corrected chi connectivity index (χ2v) is 8.53. The van der Waals surface area contributed by atoms with E-state index < -0.39 is 35.8 Å². The number of aryl methyl sites for hydroxylation is 1. The van der Waals surface area contributed by atoms with Crippen LogP contribution < -0.4 is 16.0 Å². The number of hydrogen-bond donors (Lipinski definition) is 3. The van der Waals surface area contributed by atoms with E-state index in [-0.39, 0.29) is 19.0 Å². The summed E-state index contributed by atoms with van der Waals surface area (Å²) in [5.74, 6) is -1.70. The van der Waals surface area contributed by atoms with Crippen LogP contribution in [0, 0.1) is 6.92 Å². The van der Waals surface area contributed by atoms with Gasteiger partial charge < -0.3 is 20.9 Å². The van der Waals surface area contributed by atoms with Crippen LogP contribution in [-0.2, 0) is 24.7 Å². The van der Waals surface area contributed by atoms with Gasteiger partial charge in [-0.2, -0.15) is 0 Å². The third-order valence-electron chi connectivity index (χ3n) is 5.76. The number of amides is 6. The van der Waals surface area contributed by atoms with E-state index in [2.05, 4.69) is 16.0 Å². The van der Waals surface area contributed by atoms with Crippen molar-refractivity contribution in [3.05, 3.63) is 59.7 Å². The maximum atomic E-state index is 13.1. The number of nitrogens with zero attached hydrogens (tertiary/aromatic N) is 2. The van der Waals surface area contributed by atoms with Crippen LogP contribution in [0.25, 0.3) is 0 Å². The second kappa shape index (κ2) is 10.4. The first-order chi connectivity index (χ1) is 16.5. The van der Waals surface area contributed by atoms with Crippen LogP contribution in [0.15, 0.2) is 48.5 Å². The van der Waals surface area contributed by atoms with Gasteiger partial charge in [-0.05, 0) is 50.6 Å². The van der Waals surface area contributed by atoms with Crippen molar-refractivity contribution in [2.24, 2.45) is 0 Å². The summed E-state index contributed by atoms with van der Waals surface area (Å²) < 4.78 is 0. The number of rotatable bonds is 8. The van der Waals surface area contributed by atoms with Gasteiger partial charge in [-0.3, -0.25) is 24.1 Å². The van der Waals surface area contributed by atoms with Crippen molar-refractivity contribution in [3.63, 3.8) is 0 Å². The molecule has 3 rings (SSSR count). The van der Waals surface area contributed by atoms with Crippen LogP contribution in [0.2, 0.25) is 0 Å². The summed E-state index contributed by atoms with van der Waals surface area (Å²) >= 11 is 0. The summed E-state index contributed by atoms with van der Waals surface area (Å²) in [5, 5.41) is 8.00. The lowest BCUT2D eigenvalue weighted by Crippen LogP contribution is -2.46. The van der Waals surface area contributed by atoms with E-state index in [9.17, 15) is 24.0 Å². The Morgan fingerprint density at radius 3 is 2.09 bits per heavy atom. The van der Waals surface area contributed by atoms with Crippen LogP contribution in [0.1, 0.15) is 31.9 Å². The topological polar surface area (TPSA) is 128 Å². The Labute approximate surface area is 203 Å². The Balaban J connectivity index is 1.62. The smallest absolute Gasteiger partial charge is 0.325 e. The van der Waals surface area contributed by atoms with Crippen molar-refractivity contribution in [2.45, 2.75) is 33.2 Å². The van der Waals surface area contributed by atoms with E-state index in [0.717, 1.165) is 10.5 Å². The highest BCUT2D eigenvalue weighted by Crippen LogP contribution is 2.29. The first kappa shape index (κ1) is 25.4. The summed E-state index contributed by atoms with van der Waals surface area (Å²) in [6, 6.07) is 13.1. The van der Waals surface area contributed by atoms with Crippen molar-refractivity contribution in [1.82, 2.24) is 15.1 Å². The highest BCUT2D eigenvalue weighted by molar-refractivity contribution is 6.09. The molecule has 0 aliphatic carbocycles. The van der Waals surface area contributed by atoms with Crippen molar-refractivity contribution < 1.29 is 24.0 Å². The fraction of sp³-hybridized carbons (Fsp3) is 0.320. The van der Waals surface area contributed by atoms with E-state index in [1.807, 2.05) is 19.1 Å². The number of carbonyl (C=O) groups is 5. The molecule has 10 nitrogen and oxygen atoms in total. The largest absolute Gasteiger partial charge is 0.332 e. The lowest BCUT2D eigenvalue weighted by Gasteiger charge is -2.24. The van der Waals surface area contributed by atoms with Gasteiger partial charge in [-0.25, -0.2) is 4.79 Å². The maximum Gasteiger partial charge on any atom is 0.325 e. The molecule has 0 bridgehead atoms. The third-order valence-corrected chi connectivity index (χ3v) is 5.76. The molecule has 6 amide bonds. The highest BCUT2D eigenvalue weighted by atomic mass is 16.2. The predicted octanol–water partition coefficient (Wildman–Crippen LogP) is 2.21. The van der Waals surface area contributed by atoms with E-state index in [0.29, 0.717) is 16.9 Å². The number of benzene rings is 2. The van der Waals surface area contributed by atoms with Crippen LogP contribution in [0.3, 0.4) is 0 Å². The number of urea groups is 1. The third kappa shape index (κ3) is 5.84. The molecule has 35 heavy (non-hydrogen) atoms. The van der Waals surface area contributed by atoms with Crippen molar-refractivity contribution >= 4 is 41.0 Å². The van der Waals surface area contributed by atoms with E-state index in [4.69, 9.17) is 0 Å². The van der Waals surface area contributed by atoms with Crippen LogP contribution in [0.5, 0.6) is 0 Å². The molecule has 2 aromatic carbocycles. The Kier molecular flexibility index (Phi) is 7.53. The molecular weight excluding hydrogens is 450 g/mol. The average molecular weight is 480 g/mol. The minimum absolute atomic E-state index is 0.205. The molecule has 1 atom stereocenters. The molecule has 2 aromatic rings. The minimum Gasteiger partial charge on any atom is -0.332 e.